The Morgan fingerprint density at radius 3 is 2.65 bits per heavy atom. The van der Waals surface area contributed by atoms with Crippen molar-refractivity contribution in [2.24, 2.45) is 0 Å². The normalized spacial score (nSPS) is 10.4. The van der Waals surface area contributed by atoms with E-state index >= 15 is 0 Å². The summed E-state index contributed by atoms with van der Waals surface area (Å²) < 4.78 is 11.0. The zero-order valence-electron chi connectivity index (χ0n) is 11.9. The Morgan fingerprint density at radius 1 is 1.20 bits per heavy atom. The average molecular weight is 273 g/mol. The molecular weight excluding hydrogens is 254 g/mol. The van der Waals surface area contributed by atoms with Crippen molar-refractivity contribution < 1.29 is 9.47 Å². The minimum Gasteiger partial charge on any atom is -0.497 e. The average Bonchev–Trinajstić information content (AvgIpc) is 2.42. The molecule has 0 unspecified atom stereocenters. The van der Waals surface area contributed by atoms with Gasteiger partial charge in [0.25, 0.3) is 0 Å². The highest BCUT2D eigenvalue weighted by Gasteiger charge is 2.09. The van der Waals surface area contributed by atoms with E-state index in [-0.39, 0.29) is 6.10 Å². The number of nitrogens with two attached hydrogens (primary N) is 1. The summed E-state index contributed by atoms with van der Waals surface area (Å²) in [4.78, 5) is 3.97. The topological polar surface area (TPSA) is 69.4 Å². The Morgan fingerprint density at radius 2 is 2.00 bits per heavy atom. The maximum atomic E-state index is 5.89. The second-order valence-electron chi connectivity index (χ2n) is 4.62. The maximum absolute atomic E-state index is 5.89. The molecule has 0 atom stereocenters. The molecule has 5 heteroatoms. The zero-order valence-corrected chi connectivity index (χ0v) is 11.9. The third-order valence-electron chi connectivity index (χ3n) is 2.67. The number of pyridine rings is 1. The molecule has 0 aliphatic rings. The standard InChI is InChI=1S/C15H19N3O2/c1-10(2)20-15-5-4-11(19-3)8-14(15)18-13-6-7-17-9-12(13)16/h4-10H,16H2,1-3H3,(H,17,18). The zero-order chi connectivity index (χ0) is 14.5. The number of methoxy groups -OCH3 is 1. The predicted molar refractivity (Wildman–Crippen MR) is 80.7 cm³/mol. The summed E-state index contributed by atoms with van der Waals surface area (Å²) >= 11 is 0. The van der Waals surface area contributed by atoms with Crippen molar-refractivity contribution in [3.63, 3.8) is 0 Å². The number of rotatable bonds is 5. The molecule has 0 aliphatic heterocycles. The summed E-state index contributed by atoms with van der Waals surface area (Å²) in [7, 11) is 1.63. The molecule has 5 nitrogen and oxygen atoms in total. The van der Waals surface area contributed by atoms with E-state index in [0.29, 0.717) is 5.69 Å². The van der Waals surface area contributed by atoms with Crippen molar-refractivity contribution >= 4 is 17.1 Å². The first-order valence-electron chi connectivity index (χ1n) is 6.41. The molecule has 0 fully saturated rings. The summed E-state index contributed by atoms with van der Waals surface area (Å²) in [5, 5.41) is 3.25. The highest BCUT2D eigenvalue weighted by Crippen LogP contribution is 2.33. The molecule has 106 valence electrons. The molecule has 0 saturated carbocycles. The summed E-state index contributed by atoms with van der Waals surface area (Å²) in [5.41, 5.74) is 8.05. The van der Waals surface area contributed by atoms with Gasteiger partial charge in [-0.1, -0.05) is 0 Å². The van der Waals surface area contributed by atoms with Crippen LogP contribution in [0.3, 0.4) is 0 Å². The van der Waals surface area contributed by atoms with Gasteiger partial charge in [-0.25, -0.2) is 0 Å². The molecule has 1 aromatic carbocycles. The van der Waals surface area contributed by atoms with E-state index in [1.54, 1.807) is 19.5 Å². The molecule has 20 heavy (non-hydrogen) atoms. The third-order valence-corrected chi connectivity index (χ3v) is 2.67. The minimum atomic E-state index is 0.0822. The fourth-order valence-corrected chi connectivity index (χ4v) is 1.76. The van der Waals surface area contributed by atoms with Gasteiger partial charge in [-0.15, -0.1) is 0 Å². The maximum Gasteiger partial charge on any atom is 0.143 e. The molecule has 0 radical (unpaired) electrons. The Hall–Kier alpha value is -2.43. The van der Waals surface area contributed by atoms with Gasteiger partial charge in [0.2, 0.25) is 0 Å². The van der Waals surface area contributed by atoms with Gasteiger partial charge in [0, 0.05) is 12.3 Å². The van der Waals surface area contributed by atoms with Crippen LogP contribution in [0, 0.1) is 0 Å². The van der Waals surface area contributed by atoms with E-state index in [1.165, 1.54) is 0 Å². The van der Waals surface area contributed by atoms with Crippen LogP contribution in [0.15, 0.2) is 36.7 Å². The summed E-state index contributed by atoms with van der Waals surface area (Å²) in [6.07, 6.45) is 3.37. The van der Waals surface area contributed by atoms with E-state index in [2.05, 4.69) is 10.3 Å². The first kappa shape index (κ1) is 14.0. The monoisotopic (exact) mass is 273 g/mol. The van der Waals surface area contributed by atoms with Crippen LogP contribution in [0.5, 0.6) is 11.5 Å². The van der Waals surface area contributed by atoms with Gasteiger partial charge >= 0.3 is 0 Å². The van der Waals surface area contributed by atoms with Gasteiger partial charge in [0.1, 0.15) is 11.5 Å². The molecule has 2 rings (SSSR count). The smallest absolute Gasteiger partial charge is 0.143 e. The van der Waals surface area contributed by atoms with Crippen LogP contribution in [-0.4, -0.2) is 18.2 Å². The lowest BCUT2D eigenvalue weighted by atomic mass is 10.2. The molecule has 1 aromatic heterocycles. The molecule has 3 N–H and O–H groups in total. The second kappa shape index (κ2) is 6.14. The Kier molecular flexibility index (Phi) is 4.30. The number of hydrogen-bond donors (Lipinski definition) is 2. The van der Waals surface area contributed by atoms with Crippen molar-refractivity contribution in [3.05, 3.63) is 36.7 Å². The fraction of sp³-hybridized carbons (Fsp3) is 0.267. The van der Waals surface area contributed by atoms with Gasteiger partial charge in [-0.2, -0.15) is 0 Å². The summed E-state index contributed by atoms with van der Waals surface area (Å²) in [5.74, 6) is 1.49. The molecule has 1 heterocycles. The van der Waals surface area contributed by atoms with Crippen molar-refractivity contribution in [2.75, 3.05) is 18.2 Å². The van der Waals surface area contributed by atoms with Crippen LogP contribution in [0.2, 0.25) is 0 Å². The molecular formula is C15H19N3O2. The van der Waals surface area contributed by atoms with Gasteiger partial charge in [0.15, 0.2) is 0 Å². The SMILES string of the molecule is COc1ccc(OC(C)C)c(Nc2ccncc2N)c1. The van der Waals surface area contributed by atoms with Crippen molar-refractivity contribution in [1.29, 1.82) is 0 Å². The first-order valence-corrected chi connectivity index (χ1v) is 6.41. The van der Waals surface area contributed by atoms with E-state index in [0.717, 1.165) is 22.9 Å². The van der Waals surface area contributed by atoms with Crippen LogP contribution >= 0.6 is 0 Å². The molecule has 0 saturated heterocycles. The number of anilines is 3. The van der Waals surface area contributed by atoms with Crippen molar-refractivity contribution in [3.8, 4) is 11.5 Å². The molecule has 2 aromatic rings. The number of aromatic nitrogens is 1. The molecule has 0 aliphatic carbocycles. The number of nitrogens with one attached hydrogen (secondary N) is 1. The lowest BCUT2D eigenvalue weighted by molar-refractivity contribution is 0.243. The van der Waals surface area contributed by atoms with Gasteiger partial charge in [-0.3, -0.25) is 4.98 Å². The Balaban J connectivity index is 2.35. The third kappa shape index (κ3) is 3.32. The minimum absolute atomic E-state index is 0.0822. The lowest BCUT2D eigenvalue weighted by Crippen LogP contribution is -2.08. The lowest BCUT2D eigenvalue weighted by Gasteiger charge is -2.17. The fourth-order valence-electron chi connectivity index (χ4n) is 1.76. The quantitative estimate of drug-likeness (QED) is 0.875. The Labute approximate surface area is 118 Å². The van der Waals surface area contributed by atoms with Crippen molar-refractivity contribution in [1.82, 2.24) is 4.98 Å². The summed E-state index contributed by atoms with van der Waals surface area (Å²) in [6, 6.07) is 7.42. The largest absolute Gasteiger partial charge is 0.497 e. The number of benzene rings is 1. The van der Waals surface area contributed by atoms with Crippen LogP contribution in [-0.2, 0) is 0 Å². The second-order valence-corrected chi connectivity index (χ2v) is 4.62. The van der Waals surface area contributed by atoms with E-state index in [1.807, 2.05) is 38.1 Å². The van der Waals surface area contributed by atoms with E-state index in [4.69, 9.17) is 15.2 Å². The van der Waals surface area contributed by atoms with Crippen LogP contribution in [0.4, 0.5) is 17.1 Å². The Bertz CT molecular complexity index is 585. The van der Waals surface area contributed by atoms with E-state index < -0.39 is 0 Å². The first-order chi connectivity index (χ1) is 9.60. The number of nitrogens with zero attached hydrogens (tertiary/aromatic N) is 1. The van der Waals surface area contributed by atoms with Crippen molar-refractivity contribution in [2.45, 2.75) is 20.0 Å². The summed E-state index contributed by atoms with van der Waals surface area (Å²) in [6.45, 7) is 3.96. The van der Waals surface area contributed by atoms with Gasteiger partial charge < -0.3 is 20.5 Å². The molecule has 0 bridgehead atoms. The number of hydrogen-bond acceptors (Lipinski definition) is 5. The highest BCUT2D eigenvalue weighted by molar-refractivity contribution is 5.75. The number of ether oxygens (including phenoxy) is 2. The molecule has 0 amide bonds. The highest BCUT2D eigenvalue weighted by atomic mass is 16.5. The molecule has 0 spiro atoms. The van der Waals surface area contributed by atoms with Crippen LogP contribution in [0.25, 0.3) is 0 Å². The van der Waals surface area contributed by atoms with Gasteiger partial charge in [-0.05, 0) is 32.0 Å². The predicted octanol–water partition coefficient (Wildman–Crippen LogP) is 3.20. The van der Waals surface area contributed by atoms with Crippen LogP contribution < -0.4 is 20.5 Å². The van der Waals surface area contributed by atoms with E-state index in [9.17, 15) is 0 Å². The van der Waals surface area contributed by atoms with Crippen LogP contribution in [0.1, 0.15) is 13.8 Å². The van der Waals surface area contributed by atoms with Gasteiger partial charge in [0.05, 0.1) is 36.5 Å². The number of nitrogen functional groups attached to an aromatic ring is 1.